The fraction of sp³-hybridized carbons (Fsp3) is 0.250. The summed E-state index contributed by atoms with van der Waals surface area (Å²) in [6, 6.07) is 9.16. The van der Waals surface area contributed by atoms with Crippen molar-refractivity contribution in [3.63, 3.8) is 0 Å². The van der Waals surface area contributed by atoms with Gasteiger partial charge in [-0.2, -0.15) is 0 Å². The van der Waals surface area contributed by atoms with Crippen molar-refractivity contribution < 1.29 is 8.78 Å². The van der Waals surface area contributed by atoms with Gasteiger partial charge in [-0.05, 0) is 36.7 Å². The zero-order valence-electron chi connectivity index (χ0n) is 11.6. The first-order valence-electron chi connectivity index (χ1n) is 6.73. The Morgan fingerprint density at radius 1 is 1.19 bits per heavy atom. The second-order valence-corrected chi connectivity index (χ2v) is 6.04. The Hall–Kier alpha value is -1.10. The van der Waals surface area contributed by atoms with E-state index in [1.165, 1.54) is 23.9 Å². The number of hydrogen-bond acceptors (Lipinski definition) is 2. The molecule has 0 saturated carbocycles. The van der Waals surface area contributed by atoms with Crippen molar-refractivity contribution >= 4 is 23.4 Å². The zero-order chi connectivity index (χ0) is 15.2. The summed E-state index contributed by atoms with van der Waals surface area (Å²) in [6.07, 6.45) is 1.04. The van der Waals surface area contributed by atoms with Crippen molar-refractivity contribution in [3.8, 4) is 0 Å². The van der Waals surface area contributed by atoms with Gasteiger partial charge < -0.3 is 5.32 Å². The SMILES string of the molecule is CCCNCc1cccc(Cl)c1Sc1ccc(F)cc1F. The van der Waals surface area contributed by atoms with Crippen LogP contribution in [0, 0.1) is 11.6 Å². The van der Waals surface area contributed by atoms with Gasteiger partial charge in [0.15, 0.2) is 0 Å². The first kappa shape index (κ1) is 16.3. The molecule has 0 saturated heterocycles. The molecule has 1 N–H and O–H groups in total. The third-order valence-corrected chi connectivity index (χ3v) is 4.56. The van der Waals surface area contributed by atoms with Gasteiger partial charge in [-0.25, -0.2) is 8.78 Å². The monoisotopic (exact) mass is 327 g/mol. The van der Waals surface area contributed by atoms with Gasteiger partial charge in [0.25, 0.3) is 0 Å². The normalized spacial score (nSPS) is 10.9. The molecule has 0 radical (unpaired) electrons. The molecule has 2 aromatic carbocycles. The summed E-state index contributed by atoms with van der Waals surface area (Å²) in [5, 5.41) is 3.87. The average Bonchev–Trinajstić information content (AvgIpc) is 2.45. The molecule has 0 aliphatic carbocycles. The second-order valence-electron chi connectivity index (χ2n) is 4.58. The largest absolute Gasteiger partial charge is 0.313 e. The van der Waals surface area contributed by atoms with Gasteiger partial charge in [0.1, 0.15) is 11.6 Å². The summed E-state index contributed by atoms with van der Waals surface area (Å²) in [4.78, 5) is 1.16. The average molecular weight is 328 g/mol. The molecule has 1 nitrogen and oxygen atoms in total. The lowest BCUT2D eigenvalue weighted by Crippen LogP contribution is -2.14. The standard InChI is InChI=1S/C16H16ClF2NS/c1-2-8-20-10-11-4-3-5-13(17)16(11)21-15-7-6-12(18)9-14(15)19/h3-7,9,20H,2,8,10H2,1H3. The van der Waals surface area contributed by atoms with E-state index in [-0.39, 0.29) is 0 Å². The minimum Gasteiger partial charge on any atom is -0.313 e. The topological polar surface area (TPSA) is 12.0 Å². The van der Waals surface area contributed by atoms with E-state index < -0.39 is 11.6 Å². The molecule has 0 aliphatic rings. The molecule has 21 heavy (non-hydrogen) atoms. The van der Waals surface area contributed by atoms with Crippen LogP contribution in [0.15, 0.2) is 46.2 Å². The van der Waals surface area contributed by atoms with Crippen LogP contribution >= 0.6 is 23.4 Å². The van der Waals surface area contributed by atoms with Crippen molar-refractivity contribution in [2.45, 2.75) is 29.7 Å². The van der Waals surface area contributed by atoms with Crippen molar-refractivity contribution in [2.75, 3.05) is 6.54 Å². The number of hydrogen-bond donors (Lipinski definition) is 1. The molecular formula is C16H16ClF2NS. The van der Waals surface area contributed by atoms with E-state index in [2.05, 4.69) is 12.2 Å². The fourth-order valence-electron chi connectivity index (χ4n) is 1.87. The van der Waals surface area contributed by atoms with E-state index in [1.807, 2.05) is 12.1 Å². The van der Waals surface area contributed by atoms with Crippen LogP contribution in [0.3, 0.4) is 0 Å². The lowest BCUT2D eigenvalue weighted by Gasteiger charge is -2.12. The van der Waals surface area contributed by atoms with Gasteiger partial charge in [-0.3, -0.25) is 0 Å². The molecule has 0 atom stereocenters. The summed E-state index contributed by atoms with van der Waals surface area (Å²) in [6.45, 7) is 3.66. The Bertz CT molecular complexity index is 619. The Balaban J connectivity index is 2.25. The van der Waals surface area contributed by atoms with E-state index in [1.54, 1.807) is 6.07 Å². The summed E-state index contributed by atoms with van der Waals surface area (Å²) < 4.78 is 26.8. The Morgan fingerprint density at radius 3 is 2.71 bits per heavy atom. The van der Waals surface area contributed by atoms with E-state index in [4.69, 9.17) is 11.6 Å². The maximum Gasteiger partial charge on any atom is 0.140 e. The fourth-order valence-corrected chi connectivity index (χ4v) is 3.13. The van der Waals surface area contributed by atoms with E-state index >= 15 is 0 Å². The molecule has 5 heteroatoms. The summed E-state index contributed by atoms with van der Waals surface area (Å²) in [7, 11) is 0. The molecule has 2 rings (SSSR count). The van der Waals surface area contributed by atoms with E-state index in [0.29, 0.717) is 16.5 Å². The maximum absolute atomic E-state index is 13.8. The molecule has 0 bridgehead atoms. The van der Waals surface area contributed by atoms with E-state index in [9.17, 15) is 8.78 Å². The molecule has 112 valence electrons. The van der Waals surface area contributed by atoms with Gasteiger partial charge >= 0.3 is 0 Å². The van der Waals surface area contributed by atoms with Crippen molar-refractivity contribution in [2.24, 2.45) is 0 Å². The van der Waals surface area contributed by atoms with Crippen molar-refractivity contribution in [3.05, 3.63) is 58.6 Å². The molecule has 0 unspecified atom stereocenters. The van der Waals surface area contributed by atoms with Crippen molar-refractivity contribution in [1.82, 2.24) is 5.32 Å². The number of halogens is 3. The molecule has 0 spiro atoms. The van der Waals surface area contributed by atoms with Crippen LogP contribution in [0.5, 0.6) is 0 Å². The van der Waals surface area contributed by atoms with Crippen LogP contribution in [0.2, 0.25) is 5.02 Å². The predicted molar refractivity (Wildman–Crippen MR) is 83.9 cm³/mol. The molecule has 0 aliphatic heterocycles. The summed E-state index contributed by atoms with van der Waals surface area (Å²) >= 11 is 7.45. The van der Waals surface area contributed by atoms with Crippen LogP contribution in [0.25, 0.3) is 0 Å². The summed E-state index contributed by atoms with van der Waals surface area (Å²) in [5.74, 6) is -1.16. The molecule has 0 fully saturated rings. The van der Waals surface area contributed by atoms with Crippen LogP contribution in [0.4, 0.5) is 8.78 Å². The van der Waals surface area contributed by atoms with Gasteiger partial charge in [0.05, 0.1) is 5.02 Å². The molecule has 2 aromatic rings. The maximum atomic E-state index is 13.8. The lowest BCUT2D eigenvalue weighted by atomic mass is 10.2. The minimum absolute atomic E-state index is 0.362. The highest BCUT2D eigenvalue weighted by molar-refractivity contribution is 7.99. The van der Waals surface area contributed by atoms with Crippen LogP contribution < -0.4 is 5.32 Å². The van der Waals surface area contributed by atoms with Crippen LogP contribution in [-0.4, -0.2) is 6.54 Å². The van der Waals surface area contributed by atoms with Gasteiger partial charge in [-0.1, -0.05) is 42.4 Å². The molecular weight excluding hydrogens is 312 g/mol. The first-order chi connectivity index (χ1) is 10.1. The van der Waals surface area contributed by atoms with Gasteiger partial charge in [0, 0.05) is 22.4 Å². The predicted octanol–water partition coefficient (Wildman–Crippen LogP) is 5.27. The Labute approximate surface area is 132 Å². The number of nitrogens with one attached hydrogen (secondary N) is 1. The van der Waals surface area contributed by atoms with Crippen LogP contribution in [-0.2, 0) is 6.54 Å². The van der Waals surface area contributed by atoms with Crippen molar-refractivity contribution in [1.29, 1.82) is 0 Å². The minimum atomic E-state index is -0.583. The molecule has 0 aromatic heterocycles. The summed E-state index contributed by atoms with van der Waals surface area (Å²) in [5.41, 5.74) is 1.00. The first-order valence-corrected chi connectivity index (χ1v) is 7.92. The Morgan fingerprint density at radius 2 is 2.00 bits per heavy atom. The van der Waals surface area contributed by atoms with Crippen LogP contribution in [0.1, 0.15) is 18.9 Å². The highest BCUT2D eigenvalue weighted by Crippen LogP contribution is 2.37. The zero-order valence-corrected chi connectivity index (χ0v) is 13.2. The number of rotatable bonds is 6. The number of benzene rings is 2. The smallest absolute Gasteiger partial charge is 0.140 e. The third kappa shape index (κ3) is 4.43. The lowest BCUT2D eigenvalue weighted by molar-refractivity contribution is 0.565. The van der Waals surface area contributed by atoms with Gasteiger partial charge in [-0.15, -0.1) is 0 Å². The quantitative estimate of drug-likeness (QED) is 0.725. The highest BCUT2D eigenvalue weighted by Gasteiger charge is 2.12. The molecule has 0 heterocycles. The van der Waals surface area contributed by atoms with Gasteiger partial charge in [0.2, 0.25) is 0 Å². The Kier molecular flexibility index (Phi) is 6.03. The molecule has 0 amide bonds. The van der Waals surface area contributed by atoms with E-state index in [0.717, 1.165) is 29.5 Å². The second kappa shape index (κ2) is 7.78. The highest BCUT2D eigenvalue weighted by atomic mass is 35.5. The third-order valence-electron chi connectivity index (χ3n) is 2.90.